The van der Waals surface area contributed by atoms with E-state index in [1.54, 1.807) is 17.9 Å². The van der Waals surface area contributed by atoms with Crippen molar-refractivity contribution in [3.05, 3.63) is 48.6 Å². The summed E-state index contributed by atoms with van der Waals surface area (Å²) in [6.07, 6.45) is 2.57. The van der Waals surface area contributed by atoms with E-state index in [2.05, 4.69) is 18.7 Å². The molecule has 0 aliphatic heterocycles. The Morgan fingerprint density at radius 3 is 2.56 bits per heavy atom. The first-order valence-electron chi connectivity index (χ1n) is 5.84. The second kappa shape index (κ2) is 8.72. The lowest BCUT2D eigenvalue weighted by atomic mass is 10.1. The third kappa shape index (κ3) is 5.34. The first-order chi connectivity index (χ1) is 8.15. The molecule has 2 N–H and O–H groups in total. The van der Waals surface area contributed by atoms with Crippen molar-refractivity contribution in [1.82, 2.24) is 4.90 Å². The molecule has 1 aromatic rings. The van der Waals surface area contributed by atoms with Gasteiger partial charge >= 0.3 is 0 Å². The summed E-state index contributed by atoms with van der Waals surface area (Å²) >= 11 is 0. The van der Waals surface area contributed by atoms with E-state index >= 15 is 0 Å². The Labute approximate surface area is 115 Å². The number of halogens is 1. The van der Waals surface area contributed by atoms with Crippen LogP contribution in [0.1, 0.15) is 12.5 Å². The van der Waals surface area contributed by atoms with E-state index in [1.165, 1.54) is 5.56 Å². The van der Waals surface area contributed by atoms with Crippen molar-refractivity contribution in [2.24, 2.45) is 5.73 Å². The van der Waals surface area contributed by atoms with Crippen LogP contribution in [0.15, 0.2) is 43.0 Å². The van der Waals surface area contributed by atoms with E-state index < -0.39 is 6.04 Å². The van der Waals surface area contributed by atoms with Gasteiger partial charge in [-0.1, -0.05) is 36.4 Å². The van der Waals surface area contributed by atoms with Crippen LogP contribution in [-0.2, 0) is 11.2 Å². The highest BCUT2D eigenvalue weighted by molar-refractivity contribution is 5.85. The molecule has 1 rings (SSSR count). The molecule has 0 aliphatic carbocycles. The van der Waals surface area contributed by atoms with E-state index in [0.717, 1.165) is 6.42 Å². The topological polar surface area (TPSA) is 46.3 Å². The van der Waals surface area contributed by atoms with Crippen molar-refractivity contribution in [3.8, 4) is 0 Å². The molecule has 0 bridgehead atoms. The molecule has 1 atom stereocenters. The number of hydrogen-bond donors (Lipinski definition) is 1. The Hall–Kier alpha value is -1.32. The number of hydrogen-bond acceptors (Lipinski definition) is 2. The highest BCUT2D eigenvalue weighted by Gasteiger charge is 2.15. The Kier molecular flexibility index (Phi) is 8.08. The van der Waals surface area contributed by atoms with Gasteiger partial charge in [0.15, 0.2) is 0 Å². The molecule has 100 valence electrons. The van der Waals surface area contributed by atoms with E-state index in [-0.39, 0.29) is 18.3 Å². The minimum Gasteiger partial charge on any atom is -0.337 e. The SMILES string of the molecule is C=CCN(CCc1ccccc1)C(=O)[C@@H](C)N.Cl. The Morgan fingerprint density at radius 2 is 2.06 bits per heavy atom. The van der Waals surface area contributed by atoms with Gasteiger partial charge in [0.1, 0.15) is 0 Å². The zero-order chi connectivity index (χ0) is 12.7. The molecule has 0 saturated heterocycles. The van der Waals surface area contributed by atoms with E-state index in [9.17, 15) is 4.79 Å². The van der Waals surface area contributed by atoms with Gasteiger partial charge < -0.3 is 10.6 Å². The van der Waals surface area contributed by atoms with Gasteiger partial charge in [-0.3, -0.25) is 4.79 Å². The quantitative estimate of drug-likeness (QED) is 0.803. The Bertz CT molecular complexity index is 365. The summed E-state index contributed by atoms with van der Waals surface area (Å²) in [6.45, 7) is 6.60. The number of rotatable bonds is 6. The normalized spacial score (nSPS) is 11.2. The maximum atomic E-state index is 11.8. The molecule has 3 nitrogen and oxygen atoms in total. The first-order valence-corrected chi connectivity index (χ1v) is 5.84. The maximum absolute atomic E-state index is 11.8. The molecule has 1 amide bonds. The lowest BCUT2D eigenvalue weighted by Crippen LogP contribution is -2.43. The van der Waals surface area contributed by atoms with Gasteiger partial charge in [0.2, 0.25) is 5.91 Å². The van der Waals surface area contributed by atoms with Crippen molar-refractivity contribution in [1.29, 1.82) is 0 Å². The van der Waals surface area contributed by atoms with Gasteiger partial charge in [0, 0.05) is 13.1 Å². The van der Waals surface area contributed by atoms with Gasteiger partial charge in [-0.2, -0.15) is 0 Å². The highest BCUT2D eigenvalue weighted by Crippen LogP contribution is 2.02. The maximum Gasteiger partial charge on any atom is 0.239 e. The molecule has 0 aliphatic rings. The molecule has 0 fully saturated rings. The van der Waals surface area contributed by atoms with Crippen molar-refractivity contribution in [2.45, 2.75) is 19.4 Å². The van der Waals surface area contributed by atoms with E-state index in [0.29, 0.717) is 13.1 Å². The largest absolute Gasteiger partial charge is 0.337 e. The fraction of sp³-hybridized carbons (Fsp3) is 0.357. The van der Waals surface area contributed by atoms with Gasteiger partial charge in [-0.15, -0.1) is 19.0 Å². The Morgan fingerprint density at radius 1 is 1.44 bits per heavy atom. The molecule has 18 heavy (non-hydrogen) atoms. The summed E-state index contributed by atoms with van der Waals surface area (Å²) in [4.78, 5) is 13.5. The lowest BCUT2D eigenvalue weighted by Gasteiger charge is -2.23. The van der Waals surface area contributed by atoms with E-state index in [1.807, 2.05) is 18.2 Å². The minimum absolute atomic E-state index is 0. The summed E-state index contributed by atoms with van der Waals surface area (Å²) in [5.41, 5.74) is 6.83. The molecule has 1 aromatic carbocycles. The van der Waals surface area contributed by atoms with Crippen LogP contribution in [0, 0.1) is 0 Å². The molecule has 0 heterocycles. The summed E-state index contributed by atoms with van der Waals surface area (Å²) in [5.74, 6) is -0.0270. The third-order valence-corrected chi connectivity index (χ3v) is 2.56. The molecule has 0 unspecified atom stereocenters. The van der Waals surface area contributed by atoms with Gasteiger partial charge in [0.25, 0.3) is 0 Å². The summed E-state index contributed by atoms with van der Waals surface area (Å²) < 4.78 is 0. The van der Waals surface area contributed by atoms with Crippen molar-refractivity contribution in [2.75, 3.05) is 13.1 Å². The number of amides is 1. The summed E-state index contributed by atoms with van der Waals surface area (Å²) in [6, 6.07) is 9.65. The number of benzene rings is 1. The van der Waals surface area contributed by atoms with Gasteiger partial charge in [-0.25, -0.2) is 0 Å². The minimum atomic E-state index is -0.453. The zero-order valence-electron chi connectivity index (χ0n) is 10.7. The number of carbonyl (C=O) groups excluding carboxylic acids is 1. The molecule has 0 spiro atoms. The van der Waals surface area contributed by atoms with Gasteiger partial charge in [-0.05, 0) is 18.9 Å². The average molecular weight is 269 g/mol. The summed E-state index contributed by atoms with van der Waals surface area (Å²) in [7, 11) is 0. The lowest BCUT2D eigenvalue weighted by molar-refractivity contribution is -0.131. The number of nitrogens with zero attached hydrogens (tertiary/aromatic N) is 1. The molecule has 4 heteroatoms. The number of carbonyl (C=O) groups is 1. The summed E-state index contributed by atoms with van der Waals surface area (Å²) in [5, 5.41) is 0. The molecule has 0 radical (unpaired) electrons. The smallest absolute Gasteiger partial charge is 0.239 e. The van der Waals surface area contributed by atoms with Crippen molar-refractivity contribution >= 4 is 18.3 Å². The molecular weight excluding hydrogens is 248 g/mol. The average Bonchev–Trinajstić information content (AvgIpc) is 2.34. The standard InChI is InChI=1S/C14H20N2O.ClH/c1-3-10-16(14(17)12(2)15)11-9-13-7-5-4-6-8-13;/h3-8,12H,1,9-11,15H2,2H3;1H/t12-;/m1./s1. The van der Waals surface area contributed by atoms with Crippen molar-refractivity contribution in [3.63, 3.8) is 0 Å². The molecular formula is C14H21ClN2O. The van der Waals surface area contributed by atoms with Crippen LogP contribution in [0.4, 0.5) is 0 Å². The van der Waals surface area contributed by atoms with Crippen LogP contribution in [0.2, 0.25) is 0 Å². The number of nitrogens with two attached hydrogens (primary N) is 1. The third-order valence-electron chi connectivity index (χ3n) is 2.56. The monoisotopic (exact) mass is 268 g/mol. The van der Waals surface area contributed by atoms with Crippen LogP contribution in [0.5, 0.6) is 0 Å². The predicted octanol–water partition coefficient (Wildman–Crippen LogP) is 2.01. The Balaban J connectivity index is 0.00000289. The van der Waals surface area contributed by atoms with Crippen molar-refractivity contribution < 1.29 is 4.79 Å². The fourth-order valence-electron chi connectivity index (χ4n) is 1.64. The van der Waals surface area contributed by atoms with Crippen LogP contribution < -0.4 is 5.73 Å². The van der Waals surface area contributed by atoms with Gasteiger partial charge in [0.05, 0.1) is 6.04 Å². The predicted molar refractivity (Wildman–Crippen MR) is 77.8 cm³/mol. The zero-order valence-corrected chi connectivity index (χ0v) is 11.5. The van der Waals surface area contributed by atoms with Crippen LogP contribution in [-0.4, -0.2) is 29.9 Å². The van der Waals surface area contributed by atoms with E-state index in [4.69, 9.17) is 5.73 Å². The molecule has 0 saturated carbocycles. The second-order valence-corrected chi connectivity index (χ2v) is 4.10. The van der Waals surface area contributed by atoms with Crippen LogP contribution >= 0.6 is 12.4 Å². The second-order valence-electron chi connectivity index (χ2n) is 4.10. The molecule has 0 aromatic heterocycles. The highest BCUT2D eigenvalue weighted by atomic mass is 35.5. The van der Waals surface area contributed by atoms with Crippen LogP contribution in [0.3, 0.4) is 0 Å². The fourth-order valence-corrected chi connectivity index (χ4v) is 1.64. The first kappa shape index (κ1) is 16.7. The van der Waals surface area contributed by atoms with Crippen LogP contribution in [0.25, 0.3) is 0 Å².